The maximum absolute atomic E-state index is 12.4. The summed E-state index contributed by atoms with van der Waals surface area (Å²) >= 11 is 1.34. The normalized spacial score (nSPS) is 11.9. The fourth-order valence-corrected chi connectivity index (χ4v) is 3.33. The Hall–Kier alpha value is -2.21. The molecule has 0 bridgehead atoms. The lowest BCUT2D eigenvalue weighted by atomic mass is 10.1. The number of hydrogen-bond acceptors (Lipinski definition) is 4. The molecule has 0 fully saturated rings. The van der Waals surface area contributed by atoms with Crippen LogP contribution in [0, 0.1) is 6.92 Å². The highest BCUT2D eigenvalue weighted by atomic mass is 32.1. The number of nitrogens with zero attached hydrogens (tertiary/aromatic N) is 1. The molecule has 0 saturated carbocycles. The molecule has 0 aliphatic rings. The van der Waals surface area contributed by atoms with Gasteiger partial charge in [0.25, 0.3) is 5.91 Å². The number of aromatic nitrogens is 1. The van der Waals surface area contributed by atoms with Crippen molar-refractivity contribution in [2.75, 3.05) is 0 Å². The van der Waals surface area contributed by atoms with Crippen LogP contribution < -0.4 is 5.32 Å². The molecule has 1 aromatic carbocycles. The average molecular weight is 332 g/mol. The average Bonchev–Trinajstić information content (AvgIpc) is 2.88. The van der Waals surface area contributed by atoms with Crippen LogP contribution in [0.3, 0.4) is 0 Å². The van der Waals surface area contributed by atoms with Crippen LogP contribution in [0.1, 0.15) is 39.3 Å². The van der Waals surface area contributed by atoms with E-state index in [0.717, 1.165) is 23.4 Å². The summed E-state index contributed by atoms with van der Waals surface area (Å²) in [7, 11) is 0. The Morgan fingerprint density at radius 1 is 1.30 bits per heavy atom. The van der Waals surface area contributed by atoms with Crippen LogP contribution in [0.5, 0.6) is 0 Å². The van der Waals surface area contributed by atoms with Gasteiger partial charge in [-0.05, 0) is 25.3 Å². The highest BCUT2D eigenvalue weighted by Gasteiger charge is 2.23. The molecule has 6 heteroatoms. The standard InChI is InChI=1S/C17H20N2O3S/c1-3-7-14-18-11(2)15(23-14)16(20)19-13(17(21)22)10-12-8-5-4-6-9-12/h4-6,8-9,13H,3,7,10H2,1-2H3,(H,19,20)(H,21,22)/t13-/m0/s1. The van der Waals surface area contributed by atoms with Crippen molar-refractivity contribution in [3.8, 4) is 0 Å². The smallest absolute Gasteiger partial charge is 0.326 e. The van der Waals surface area contributed by atoms with Gasteiger partial charge in [-0.1, -0.05) is 37.3 Å². The summed E-state index contributed by atoms with van der Waals surface area (Å²) in [6.07, 6.45) is 2.03. The lowest BCUT2D eigenvalue weighted by Gasteiger charge is -2.14. The Balaban J connectivity index is 2.10. The van der Waals surface area contributed by atoms with Gasteiger partial charge in [-0.25, -0.2) is 9.78 Å². The number of carbonyl (C=O) groups is 2. The molecule has 5 nitrogen and oxygen atoms in total. The Labute approximate surface area is 139 Å². The molecule has 1 amide bonds. The molecule has 2 rings (SSSR count). The van der Waals surface area contributed by atoms with Gasteiger partial charge >= 0.3 is 5.97 Å². The van der Waals surface area contributed by atoms with E-state index in [9.17, 15) is 14.7 Å². The lowest BCUT2D eigenvalue weighted by Crippen LogP contribution is -2.42. The van der Waals surface area contributed by atoms with E-state index in [4.69, 9.17) is 0 Å². The number of carbonyl (C=O) groups excluding carboxylic acids is 1. The summed E-state index contributed by atoms with van der Waals surface area (Å²) in [4.78, 5) is 28.7. The van der Waals surface area contributed by atoms with Gasteiger partial charge in [-0.2, -0.15) is 0 Å². The van der Waals surface area contributed by atoms with E-state index < -0.39 is 12.0 Å². The van der Waals surface area contributed by atoms with Crippen LogP contribution in [0.4, 0.5) is 0 Å². The Morgan fingerprint density at radius 2 is 2.00 bits per heavy atom. The fourth-order valence-electron chi connectivity index (χ4n) is 2.26. The van der Waals surface area contributed by atoms with E-state index in [2.05, 4.69) is 17.2 Å². The third kappa shape index (κ3) is 4.63. The minimum absolute atomic E-state index is 0.252. The first kappa shape index (κ1) is 17.1. The van der Waals surface area contributed by atoms with Crippen molar-refractivity contribution < 1.29 is 14.7 Å². The van der Waals surface area contributed by atoms with E-state index in [1.807, 2.05) is 30.3 Å². The van der Waals surface area contributed by atoms with Crippen molar-refractivity contribution in [3.05, 3.63) is 51.5 Å². The first-order valence-corrected chi connectivity index (χ1v) is 8.36. The van der Waals surface area contributed by atoms with Gasteiger partial charge in [0.05, 0.1) is 10.7 Å². The molecule has 0 unspecified atom stereocenters. The van der Waals surface area contributed by atoms with E-state index in [1.54, 1.807) is 6.92 Å². The number of amides is 1. The van der Waals surface area contributed by atoms with Crippen molar-refractivity contribution in [2.45, 2.75) is 39.2 Å². The zero-order valence-electron chi connectivity index (χ0n) is 13.2. The number of benzene rings is 1. The maximum atomic E-state index is 12.4. The Morgan fingerprint density at radius 3 is 2.61 bits per heavy atom. The second-order valence-electron chi connectivity index (χ2n) is 5.33. The minimum atomic E-state index is -1.04. The molecule has 1 aromatic heterocycles. The lowest BCUT2D eigenvalue weighted by molar-refractivity contribution is -0.139. The SMILES string of the molecule is CCCc1nc(C)c(C(=O)N[C@@H](Cc2ccccc2)C(=O)O)s1. The van der Waals surface area contributed by atoms with Crippen molar-refractivity contribution >= 4 is 23.2 Å². The van der Waals surface area contributed by atoms with Crippen LogP contribution in [0.2, 0.25) is 0 Å². The zero-order chi connectivity index (χ0) is 16.8. The molecular formula is C17H20N2O3S. The Kier molecular flexibility index (Phi) is 5.87. The summed E-state index contributed by atoms with van der Waals surface area (Å²) in [6.45, 7) is 3.83. The van der Waals surface area contributed by atoms with Gasteiger partial charge < -0.3 is 10.4 Å². The van der Waals surface area contributed by atoms with E-state index in [0.29, 0.717) is 10.6 Å². The predicted octanol–water partition coefficient (Wildman–Crippen LogP) is 2.83. The van der Waals surface area contributed by atoms with Gasteiger partial charge in [0, 0.05) is 6.42 Å². The van der Waals surface area contributed by atoms with Crippen molar-refractivity contribution in [2.24, 2.45) is 0 Å². The Bertz CT molecular complexity index is 682. The highest BCUT2D eigenvalue weighted by Crippen LogP contribution is 2.19. The second kappa shape index (κ2) is 7.87. The number of aliphatic carboxylic acids is 1. The number of aryl methyl sites for hydroxylation is 2. The monoisotopic (exact) mass is 332 g/mol. The molecule has 0 aliphatic carbocycles. The molecule has 2 N–H and O–H groups in total. The molecule has 0 saturated heterocycles. The second-order valence-corrected chi connectivity index (χ2v) is 6.41. The van der Waals surface area contributed by atoms with E-state index in [-0.39, 0.29) is 12.3 Å². The van der Waals surface area contributed by atoms with Gasteiger partial charge in [-0.3, -0.25) is 4.79 Å². The van der Waals surface area contributed by atoms with Crippen molar-refractivity contribution in [1.29, 1.82) is 0 Å². The molecule has 2 aromatic rings. The number of carboxylic acid groups (broad SMARTS) is 1. The van der Waals surface area contributed by atoms with Crippen LogP contribution in [0.15, 0.2) is 30.3 Å². The molecule has 1 atom stereocenters. The van der Waals surface area contributed by atoms with E-state index >= 15 is 0 Å². The number of thiazole rings is 1. The maximum Gasteiger partial charge on any atom is 0.326 e. The quantitative estimate of drug-likeness (QED) is 0.817. The predicted molar refractivity (Wildman–Crippen MR) is 89.9 cm³/mol. The number of nitrogens with one attached hydrogen (secondary N) is 1. The first-order valence-electron chi connectivity index (χ1n) is 7.55. The number of rotatable bonds is 7. The highest BCUT2D eigenvalue weighted by molar-refractivity contribution is 7.13. The van der Waals surface area contributed by atoms with Crippen molar-refractivity contribution in [3.63, 3.8) is 0 Å². The van der Waals surface area contributed by atoms with E-state index in [1.165, 1.54) is 11.3 Å². The van der Waals surface area contributed by atoms with Crippen LogP contribution >= 0.6 is 11.3 Å². The summed E-state index contributed by atoms with van der Waals surface area (Å²) in [5.74, 6) is -1.41. The van der Waals surface area contributed by atoms with Crippen LogP contribution in [-0.2, 0) is 17.6 Å². The van der Waals surface area contributed by atoms with Gasteiger partial charge in [-0.15, -0.1) is 11.3 Å². The molecule has 122 valence electrons. The molecule has 0 spiro atoms. The van der Waals surface area contributed by atoms with Crippen molar-refractivity contribution in [1.82, 2.24) is 10.3 Å². The number of carboxylic acids is 1. The number of hydrogen-bond donors (Lipinski definition) is 2. The first-order chi connectivity index (χ1) is 11.0. The fraction of sp³-hybridized carbons (Fsp3) is 0.353. The van der Waals surface area contributed by atoms with Gasteiger partial charge in [0.15, 0.2) is 0 Å². The minimum Gasteiger partial charge on any atom is -0.480 e. The largest absolute Gasteiger partial charge is 0.480 e. The topological polar surface area (TPSA) is 79.3 Å². The van der Waals surface area contributed by atoms with Gasteiger partial charge in [0.1, 0.15) is 10.9 Å². The molecule has 1 heterocycles. The van der Waals surface area contributed by atoms with Crippen LogP contribution in [-0.4, -0.2) is 28.0 Å². The summed E-state index contributed by atoms with van der Waals surface area (Å²) < 4.78 is 0. The molecule has 23 heavy (non-hydrogen) atoms. The molecule has 0 aliphatic heterocycles. The van der Waals surface area contributed by atoms with Crippen LogP contribution in [0.25, 0.3) is 0 Å². The summed E-state index contributed by atoms with van der Waals surface area (Å²) in [6, 6.07) is 8.30. The van der Waals surface area contributed by atoms with Gasteiger partial charge in [0.2, 0.25) is 0 Å². The molecular weight excluding hydrogens is 312 g/mol. The summed E-state index contributed by atoms with van der Waals surface area (Å²) in [5, 5.41) is 12.9. The summed E-state index contributed by atoms with van der Waals surface area (Å²) in [5.41, 5.74) is 1.52. The third-order valence-corrected chi connectivity index (χ3v) is 4.61. The zero-order valence-corrected chi connectivity index (χ0v) is 14.0. The molecule has 0 radical (unpaired) electrons. The third-order valence-electron chi connectivity index (χ3n) is 3.40.